The van der Waals surface area contributed by atoms with E-state index in [9.17, 15) is 9.59 Å². The summed E-state index contributed by atoms with van der Waals surface area (Å²) in [7, 11) is 1.27. The van der Waals surface area contributed by atoms with Crippen molar-refractivity contribution in [3.63, 3.8) is 0 Å². The lowest BCUT2D eigenvalue weighted by molar-refractivity contribution is -0.118. The number of benzene rings is 1. The van der Waals surface area contributed by atoms with E-state index in [4.69, 9.17) is 17.3 Å². The van der Waals surface area contributed by atoms with Gasteiger partial charge in [-0.05, 0) is 24.1 Å². The van der Waals surface area contributed by atoms with Crippen LogP contribution in [0.3, 0.4) is 0 Å². The first-order chi connectivity index (χ1) is 9.40. The van der Waals surface area contributed by atoms with E-state index < -0.39 is 12.0 Å². The third-order valence-corrected chi connectivity index (χ3v) is 3.44. The Hall–Kier alpha value is -1.59. The zero-order valence-electron chi connectivity index (χ0n) is 11.8. The number of anilines is 1. The van der Waals surface area contributed by atoms with Gasteiger partial charge in [-0.25, -0.2) is 4.79 Å². The lowest BCUT2D eigenvalue weighted by atomic mass is 9.99. The van der Waals surface area contributed by atoms with Gasteiger partial charge in [0.25, 0.3) is 0 Å². The monoisotopic (exact) mass is 298 g/mol. The van der Waals surface area contributed by atoms with Crippen LogP contribution in [0.4, 0.5) is 5.69 Å². The van der Waals surface area contributed by atoms with Gasteiger partial charge in [0.05, 0.1) is 24.4 Å². The van der Waals surface area contributed by atoms with Crippen LogP contribution < -0.4 is 11.1 Å². The number of nitrogens with two attached hydrogens (primary N) is 1. The fourth-order valence-corrected chi connectivity index (χ4v) is 1.81. The molecule has 0 radical (unpaired) electrons. The van der Waals surface area contributed by atoms with Crippen molar-refractivity contribution in [1.29, 1.82) is 0 Å². The molecule has 6 heteroatoms. The number of amides is 1. The number of hydrogen-bond acceptors (Lipinski definition) is 4. The quantitative estimate of drug-likeness (QED) is 0.818. The maximum Gasteiger partial charge on any atom is 0.339 e. The lowest BCUT2D eigenvalue weighted by Gasteiger charge is -2.18. The minimum absolute atomic E-state index is 0.0377. The highest BCUT2D eigenvalue weighted by Gasteiger charge is 2.21. The van der Waals surface area contributed by atoms with Crippen LogP contribution in [0.1, 0.15) is 30.6 Å². The third kappa shape index (κ3) is 3.95. The molecule has 1 amide bonds. The van der Waals surface area contributed by atoms with E-state index in [1.165, 1.54) is 19.2 Å². The number of nitrogens with one attached hydrogen (secondary N) is 1. The summed E-state index contributed by atoms with van der Waals surface area (Å²) >= 11 is 5.88. The maximum absolute atomic E-state index is 12.1. The standard InChI is InChI=1S/C14H19ClN2O3/c1-4-8(2)12(16)13(18)17-11-7-9(15)5-6-10(11)14(19)20-3/h5-8,12H,4,16H2,1-3H3,(H,17,18)/t8-,12-/m0/s1. The highest BCUT2D eigenvalue weighted by molar-refractivity contribution is 6.31. The molecule has 0 heterocycles. The average molecular weight is 299 g/mol. The molecule has 2 atom stereocenters. The molecule has 5 nitrogen and oxygen atoms in total. The van der Waals surface area contributed by atoms with Gasteiger partial charge in [0.2, 0.25) is 5.91 Å². The number of esters is 1. The Morgan fingerprint density at radius 1 is 1.45 bits per heavy atom. The van der Waals surface area contributed by atoms with Gasteiger partial charge < -0.3 is 15.8 Å². The number of carbonyl (C=O) groups excluding carboxylic acids is 2. The summed E-state index contributed by atoms with van der Waals surface area (Å²) < 4.78 is 4.66. The van der Waals surface area contributed by atoms with E-state index >= 15 is 0 Å². The largest absolute Gasteiger partial charge is 0.465 e. The van der Waals surface area contributed by atoms with Crippen molar-refractivity contribution in [3.8, 4) is 0 Å². The van der Waals surface area contributed by atoms with Crippen molar-refractivity contribution >= 4 is 29.2 Å². The van der Waals surface area contributed by atoms with Crippen molar-refractivity contribution in [2.45, 2.75) is 26.3 Å². The Bertz CT molecular complexity index is 505. The van der Waals surface area contributed by atoms with Crippen molar-refractivity contribution in [2.75, 3.05) is 12.4 Å². The van der Waals surface area contributed by atoms with E-state index in [0.29, 0.717) is 10.7 Å². The molecule has 1 aromatic carbocycles. The molecule has 0 aliphatic carbocycles. The lowest BCUT2D eigenvalue weighted by Crippen LogP contribution is -2.40. The average Bonchev–Trinajstić information content (AvgIpc) is 2.44. The summed E-state index contributed by atoms with van der Waals surface area (Å²) in [5.74, 6) is -0.864. The molecule has 0 aliphatic heterocycles. The number of carbonyl (C=O) groups is 2. The molecule has 0 saturated heterocycles. The van der Waals surface area contributed by atoms with Gasteiger partial charge in [-0.1, -0.05) is 31.9 Å². The van der Waals surface area contributed by atoms with Crippen LogP contribution in [0.5, 0.6) is 0 Å². The summed E-state index contributed by atoms with van der Waals surface area (Å²) in [6.45, 7) is 3.85. The van der Waals surface area contributed by atoms with Crippen LogP contribution in [0.15, 0.2) is 18.2 Å². The second-order valence-corrected chi connectivity index (χ2v) is 5.02. The summed E-state index contributed by atoms with van der Waals surface area (Å²) in [6.07, 6.45) is 0.786. The molecule has 0 fully saturated rings. The summed E-state index contributed by atoms with van der Waals surface area (Å²) in [5.41, 5.74) is 6.39. The van der Waals surface area contributed by atoms with E-state index in [1.54, 1.807) is 6.07 Å². The SMILES string of the molecule is CC[C@H](C)[C@H](N)C(=O)Nc1cc(Cl)ccc1C(=O)OC. The highest BCUT2D eigenvalue weighted by atomic mass is 35.5. The van der Waals surface area contributed by atoms with Crippen LogP contribution in [-0.4, -0.2) is 25.0 Å². The maximum atomic E-state index is 12.1. The molecule has 0 unspecified atom stereocenters. The van der Waals surface area contributed by atoms with Crippen LogP contribution in [0.25, 0.3) is 0 Å². The Labute approximate surface area is 123 Å². The Balaban J connectivity index is 2.99. The predicted molar refractivity (Wildman–Crippen MR) is 78.9 cm³/mol. The van der Waals surface area contributed by atoms with Gasteiger partial charge in [-0.2, -0.15) is 0 Å². The molecular formula is C14H19ClN2O3. The smallest absolute Gasteiger partial charge is 0.339 e. The molecule has 3 N–H and O–H groups in total. The van der Waals surface area contributed by atoms with Crippen molar-refractivity contribution in [2.24, 2.45) is 11.7 Å². The number of hydrogen-bond donors (Lipinski definition) is 2. The van der Waals surface area contributed by atoms with Crippen molar-refractivity contribution < 1.29 is 14.3 Å². The van der Waals surface area contributed by atoms with Gasteiger partial charge >= 0.3 is 5.97 Å². The molecule has 1 rings (SSSR count). The van der Waals surface area contributed by atoms with Gasteiger partial charge in [0.1, 0.15) is 0 Å². The summed E-state index contributed by atoms with van der Waals surface area (Å²) in [4.78, 5) is 23.7. The third-order valence-electron chi connectivity index (χ3n) is 3.20. The van der Waals surface area contributed by atoms with E-state index in [2.05, 4.69) is 10.1 Å². The highest BCUT2D eigenvalue weighted by Crippen LogP contribution is 2.22. The second kappa shape index (κ2) is 7.26. The predicted octanol–water partition coefficient (Wildman–Crippen LogP) is 2.44. The van der Waals surface area contributed by atoms with E-state index in [-0.39, 0.29) is 17.4 Å². The topological polar surface area (TPSA) is 81.4 Å². The summed E-state index contributed by atoms with van der Waals surface area (Å²) in [5, 5.41) is 3.04. The fourth-order valence-electron chi connectivity index (χ4n) is 1.64. The van der Waals surface area contributed by atoms with Crippen LogP contribution in [0, 0.1) is 5.92 Å². The van der Waals surface area contributed by atoms with Gasteiger partial charge in [-0.15, -0.1) is 0 Å². The van der Waals surface area contributed by atoms with Crippen molar-refractivity contribution in [1.82, 2.24) is 0 Å². The summed E-state index contributed by atoms with van der Waals surface area (Å²) in [6, 6.07) is 3.90. The Morgan fingerprint density at radius 3 is 2.65 bits per heavy atom. The zero-order valence-corrected chi connectivity index (χ0v) is 12.5. The second-order valence-electron chi connectivity index (χ2n) is 4.58. The minimum Gasteiger partial charge on any atom is -0.465 e. The van der Waals surface area contributed by atoms with Crippen molar-refractivity contribution in [3.05, 3.63) is 28.8 Å². The Kier molecular flexibility index (Phi) is 5.98. The zero-order chi connectivity index (χ0) is 15.3. The molecule has 0 aromatic heterocycles. The first kappa shape index (κ1) is 16.5. The molecule has 1 aromatic rings. The number of ether oxygens (including phenoxy) is 1. The molecule has 110 valence electrons. The molecule has 0 aliphatic rings. The fraction of sp³-hybridized carbons (Fsp3) is 0.429. The molecule has 0 bridgehead atoms. The molecule has 20 heavy (non-hydrogen) atoms. The molecule has 0 saturated carbocycles. The normalized spacial score (nSPS) is 13.4. The minimum atomic E-state index is -0.649. The Morgan fingerprint density at radius 2 is 2.10 bits per heavy atom. The molecular weight excluding hydrogens is 280 g/mol. The van der Waals surface area contributed by atoms with Crippen LogP contribution >= 0.6 is 11.6 Å². The van der Waals surface area contributed by atoms with Gasteiger partial charge in [-0.3, -0.25) is 4.79 Å². The molecule has 0 spiro atoms. The number of halogens is 1. The van der Waals surface area contributed by atoms with Gasteiger partial charge in [0.15, 0.2) is 0 Å². The number of rotatable bonds is 5. The van der Waals surface area contributed by atoms with Gasteiger partial charge in [0, 0.05) is 5.02 Å². The van der Waals surface area contributed by atoms with Crippen LogP contribution in [0.2, 0.25) is 5.02 Å². The van der Waals surface area contributed by atoms with E-state index in [0.717, 1.165) is 6.42 Å². The first-order valence-electron chi connectivity index (χ1n) is 6.35. The van der Waals surface area contributed by atoms with E-state index in [1.807, 2.05) is 13.8 Å². The van der Waals surface area contributed by atoms with Crippen LogP contribution in [-0.2, 0) is 9.53 Å². The first-order valence-corrected chi connectivity index (χ1v) is 6.72. The number of methoxy groups -OCH3 is 1.